The van der Waals surface area contributed by atoms with Crippen LogP contribution in [0.15, 0.2) is 0 Å². The summed E-state index contributed by atoms with van der Waals surface area (Å²) in [5, 5.41) is 1.67. The number of carbonyl (C=O) groups excluding carboxylic acids is 1. The van der Waals surface area contributed by atoms with Crippen molar-refractivity contribution in [2.45, 2.75) is 57.7 Å². The molecule has 0 bridgehead atoms. The highest BCUT2D eigenvalue weighted by Crippen LogP contribution is 2.05. The van der Waals surface area contributed by atoms with Crippen molar-refractivity contribution < 1.29 is 13.2 Å². The number of rotatable bonds is 9. The molecule has 0 aliphatic carbocycles. The van der Waals surface area contributed by atoms with E-state index in [9.17, 15) is 13.2 Å². The summed E-state index contributed by atoms with van der Waals surface area (Å²) in [5.41, 5.74) is 5.52. The molecule has 0 aromatic carbocycles. The zero-order chi connectivity index (χ0) is 14.2. The van der Waals surface area contributed by atoms with Crippen molar-refractivity contribution in [2.24, 2.45) is 5.73 Å². The Morgan fingerprint density at radius 1 is 1.28 bits per heavy atom. The van der Waals surface area contributed by atoms with Crippen LogP contribution < -0.4 is 11.1 Å². The molecule has 0 aromatic heterocycles. The van der Waals surface area contributed by atoms with Crippen molar-refractivity contribution in [1.29, 1.82) is 0 Å². The van der Waals surface area contributed by atoms with Crippen molar-refractivity contribution in [1.82, 2.24) is 5.32 Å². The first-order valence-corrected chi connectivity index (χ1v) is 8.27. The van der Waals surface area contributed by atoms with Gasteiger partial charge < -0.3 is 11.1 Å². The maximum absolute atomic E-state index is 11.8. The normalized spacial score (nSPS) is 15.1. The zero-order valence-corrected chi connectivity index (χ0v) is 12.4. The van der Waals surface area contributed by atoms with E-state index in [-0.39, 0.29) is 11.8 Å². The van der Waals surface area contributed by atoms with Crippen LogP contribution in [-0.2, 0) is 14.6 Å². The summed E-state index contributed by atoms with van der Waals surface area (Å²) >= 11 is 0. The van der Waals surface area contributed by atoms with E-state index in [0.29, 0.717) is 13.0 Å². The number of nitrogens with two attached hydrogens (primary N) is 1. The molecule has 0 radical (unpaired) electrons. The molecule has 2 atom stereocenters. The Bertz CT molecular complexity index is 339. The number of nitrogens with one attached hydrogen (secondary N) is 1. The van der Waals surface area contributed by atoms with Crippen LogP contribution in [0.5, 0.6) is 0 Å². The van der Waals surface area contributed by atoms with Crippen molar-refractivity contribution in [3.8, 4) is 0 Å². The van der Waals surface area contributed by atoms with Gasteiger partial charge in [0.25, 0.3) is 0 Å². The monoisotopic (exact) mass is 278 g/mol. The van der Waals surface area contributed by atoms with Gasteiger partial charge in [-0.1, -0.05) is 19.8 Å². The van der Waals surface area contributed by atoms with Crippen LogP contribution in [0, 0.1) is 0 Å². The molecule has 0 aliphatic heterocycles. The molecule has 2 unspecified atom stereocenters. The van der Waals surface area contributed by atoms with Crippen LogP contribution in [0.4, 0.5) is 0 Å². The van der Waals surface area contributed by atoms with Crippen LogP contribution in [0.1, 0.15) is 46.5 Å². The number of sulfone groups is 1. The first kappa shape index (κ1) is 17.4. The minimum Gasteiger partial charge on any atom is -0.355 e. The third-order valence-corrected chi connectivity index (χ3v) is 4.94. The zero-order valence-electron chi connectivity index (χ0n) is 11.6. The molecule has 108 valence electrons. The summed E-state index contributed by atoms with van der Waals surface area (Å²) in [6.07, 6.45) is 3.37. The highest BCUT2D eigenvalue weighted by atomic mass is 32.2. The van der Waals surface area contributed by atoms with E-state index in [1.54, 1.807) is 6.92 Å². The van der Waals surface area contributed by atoms with Gasteiger partial charge in [-0.25, -0.2) is 8.42 Å². The molecule has 0 heterocycles. The van der Waals surface area contributed by atoms with Gasteiger partial charge in [0.2, 0.25) is 5.91 Å². The van der Waals surface area contributed by atoms with Crippen molar-refractivity contribution in [3.05, 3.63) is 0 Å². The van der Waals surface area contributed by atoms with Crippen LogP contribution in [0.2, 0.25) is 0 Å². The molecule has 0 fully saturated rings. The van der Waals surface area contributed by atoms with Crippen LogP contribution in [-0.4, -0.2) is 37.9 Å². The Balaban J connectivity index is 4.18. The lowest BCUT2D eigenvalue weighted by Crippen LogP contribution is -2.40. The highest BCUT2D eigenvalue weighted by molar-refractivity contribution is 7.92. The second-order valence-electron chi connectivity index (χ2n) is 4.77. The van der Waals surface area contributed by atoms with Gasteiger partial charge in [0, 0.05) is 12.6 Å². The quantitative estimate of drug-likeness (QED) is 0.611. The van der Waals surface area contributed by atoms with Gasteiger partial charge in [-0.2, -0.15) is 0 Å². The van der Waals surface area contributed by atoms with Crippen LogP contribution in [0.25, 0.3) is 0 Å². The minimum absolute atomic E-state index is 0.0335. The minimum atomic E-state index is -3.39. The molecule has 1 amide bonds. The van der Waals surface area contributed by atoms with Crippen LogP contribution >= 0.6 is 0 Å². The highest BCUT2D eigenvalue weighted by Gasteiger charge is 2.27. The van der Waals surface area contributed by atoms with E-state index in [1.807, 2.05) is 0 Å². The Morgan fingerprint density at radius 3 is 2.39 bits per heavy atom. The number of unbranched alkanes of at least 4 members (excludes halogenated alkanes) is 2. The Labute approximate surface area is 110 Å². The van der Waals surface area contributed by atoms with E-state index in [4.69, 9.17) is 5.73 Å². The molecular formula is C12H26N2O3S. The number of amides is 1. The lowest BCUT2D eigenvalue weighted by Gasteiger charge is -2.14. The third-order valence-electron chi connectivity index (χ3n) is 2.85. The van der Waals surface area contributed by atoms with Gasteiger partial charge in [-0.05, 0) is 26.7 Å². The summed E-state index contributed by atoms with van der Waals surface area (Å²) in [4.78, 5) is 11.7. The smallest absolute Gasteiger partial charge is 0.238 e. The standard InChI is InChI=1S/C12H26N2O3S/c1-4-5-6-8-14-12(15)11(3)18(16,17)9-7-10(2)13/h10-11H,4-9,13H2,1-3H3,(H,14,15). The number of hydrogen-bond acceptors (Lipinski definition) is 4. The fourth-order valence-electron chi connectivity index (χ4n) is 1.42. The maximum Gasteiger partial charge on any atom is 0.238 e. The van der Waals surface area contributed by atoms with Gasteiger partial charge in [-0.3, -0.25) is 4.79 Å². The van der Waals surface area contributed by atoms with E-state index in [0.717, 1.165) is 19.3 Å². The van der Waals surface area contributed by atoms with Gasteiger partial charge in [0.05, 0.1) is 5.75 Å². The molecule has 0 saturated carbocycles. The topological polar surface area (TPSA) is 89.3 Å². The molecule has 0 aromatic rings. The Kier molecular flexibility index (Phi) is 8.18. The molecule has 0 spiro atoms. The van der Waals surface area contributed by atoms with E-state index in [2.05, 4.69) is 12.2 Å². The van der Waals surface area contributed by atoms with Gasteiger partial charge in [0.1, 0.15) is 5.25 Å². The average molecular weight is 278 g/mol. The summed E-state index contributed by atoms with van der Waals surface area (Å²) in [7, 11) is -3.39. The fourth-order valence-corrected chi connectivity index (χ4v) is 2.88. The molecule has 0 saturated heterocycles. The van der Waals surface area contributed by atoms with E-state index >= 15 is 0 Å². The SMILES string of the molecule is CCCCCNC(=O)C(C)S(=O)(=O)CCC(C)N. The lowest BCUT2D eigenvalue weighted by molar-refractivity contribution is -0.120. The van der Waals surface area contributed by atoms with Crippen molar-refractivity contribution >= 4 is 15.7 Å². The van der Waals surface area contributed by atoms with E-state index < -0.39 is 21.0 Å². The summed E-state index contributed by atoms with van der Waals surface area (Å²) in [6, 6.07) is -0.167. The molecule has 5 nitrogen and oxygen atoms in total. The first-order chi connectivity index (χ1) is 8.31. The van der Waals surface area contributed by atoms with Gasteiger partial charge in [-0.15, -0.1) is 0 Å². The van der Waals surface area contributed by atoms with Gasteiger partial charge >= 0.3 is 0 Å². The lowest BCUT2D eigenvalue weighted by atomic mass is 10.2. The summed E-state index contributed by atoms with van der Waals surface area (Å²) in [6.45, 7) is 5.80. The van der Waals surface area contributed by atoms with E-state index in [1.165, 1.54) is 6.92 Å². The second-order valence-corrected chi connectivity index (χ2v) is 7.21. The molecule has 0 rings (SSSR count). The third kappa shape index (κ3) is 6.96. The summed E-state index contributed by atoms with van der Waals surface area (Å²) in [5.74, 6) is -0.440. The second kappa shape index (κ2) is 8.48. The van der Waals surface area contributed by atoms with Crippen LogP contribution in [0.3, 0.4) is 0 Å². The first-order valence-electron chi connectivity index (χ1n) is 6.56. The maximum atomic E-state index is 11.8. The summed E-state index contributed by atoms with van der Waals surface area (Å²) < 4.78 is 23.7. The predicted molar refractivity (Wildman–Crippen MR) is 74.0 cm³/mol. The molecule has 3 N–H and O–H groups in total. The Hall–Kier alpha value is -0.620. The average Bonchev–Trinajstić information content (AvgIpc) is 2.31. The molecule has 18 heavy (non-hydrogen) atoms. The molecular weight excluding hydrogens is 252 g/mol. The van der Waals surface area contributed by atoms with Gasteiger partial charge in [0.15, 0.2) is 9.84 Å². The molecule has 6 heteroatoms. The number of hydrogen-bond donors (Lipinski definition) is 2. The Morgan fingerprint density at radius 2 is 1.89 bits per heavy atom. The van der Waals surface area contributed by atoms with Crippen molar-refractivity contribution in [2.75, 3.05) is 12.3 Å². The largest absolute Gasteiger partial charge is 0.355 e. The number of carbonyl (C=O) groups is 1. The predicted octanol–water partition coefficient (Wildman–Crippen LogP) is 0.833. The molecule has 0 aliphatic rings. The fraction of sp³-hybridized carbons (Fsp3) is 0.917. The van der Waals surface area contributed by atoms with Crippen molar-refractivity contribution in [3.63, 3.8) is 0 Å².